The smallest absolute Gasteiger partial charge is 0.227 e. The van der Waals surface area contributed by atoms with E-state index >= 15 is 0 Å². The van der Waals surface area contributed by atoms with Gasteiger partial charge in [0.05, 0.1) is 23.9 Å². The number of hydrogen-bond acceptors (Lipinski definition) is 8. The van der Waals surface area contributed by atoms with E-state index in [1.165, 1.54) is 35.0 Å². The number of thiazole rings is 1. The Labute approximate surface area is 212 Å². The van der Waals surface area contributed by atoms with Crippen LogP contribution in [0.25, 0.3) is 0 Å². The van der Waals surface area contributed by atoms with Crippen molar-refractivity contribution in [2.75, 3.05) is 38.2 Å². The summed E-state index contributed by atoms with van der Waals surface area (Å²) in [6.45, 7) is 7.27. The monoisotopic (exact) mass is 501 g/mol. The summed E-state index contributed by atoms with van der Waals surface area (Å²) < 4.78 is 10.7. The van der Waals surface area contributed by atoms with Crippen molar-refractivity contribution < 1.29 is 14.1 Å². The second kappa shape index (κ2) is 11.4. The molecule has 2 fully saturated rings. The molecule has 0 aromatic carbocycles. The number of ether oxygens (including phenoxy) is 1. The lowest BCUT2D eigenvalue weighted by molar-refractivity contribution is -0.121. The molecule has 2 aromatic rings. The summed E-state index contributed by atoms with van der Waals surface area (Å²) in [7, 11) is 1.82. The van der Waals surface area contributed by atoms with Crippen molar-refractivity contribution in [1.82, 2.24) is 20.4 Å². The first-order valence-electron chi connectivity index (χ1n) is 13.3. The zero-order valence-corrected chi connectivity index (χ0v) is 21.9. The molecule has 1 saturated heterocycles. The largest absolute Gasteiger partial charge is 0.381 e. The van der Waals surface area contributed by atoms with Gasteiger partial charge in [0, 0.05) is 50.3 Å². The molecule has 0 radical (unpaired) electrons. The van der Waals surface area contributed by atoms with Gasteiger partial charge in [-0.05, 0) is 70.8 Å². The fraction of sp³-hybridized carbons (Fsp3) is 0.731. The van der Waals surface area contributed by atoms with Gasteiger partial charge in [0.1, 0.15) is 5.76 Å². The molecular weight excluding hydrogens is 462 g/mol. The molecular formula is C26H39N5O3S. The molecule has 8 nitrogen and oxygen atoms in total. The maximum Gasteiger partial charge on any atom is 0.227 e. The van der Waals surface area contributed by atoms with Gasteiger partial charge in [-0.3, -0.25) is 9.69 Å². The number of methoxy groups -OCH3 is 1. The number of hydrogen-bond donors (Lipinski definition) is 1. The van der Waals surface area contributed by atoms with Gasteiger partial charge < -0.3 is 19.5 Å². The van der Waals surface area contributed by atoms with Crippen LogP contribution in [0, 0.1) is 12.8 Å². The van der Waals surface area contributed by atoms with Crippen LogP contribution in [0.4, 0.5) is 5.13 Å². The normalized spacial score (nSPS) is 23.9. The summed E-state index contributed by atoms with van der Waals surface area (Å²) in [4.78, 5) is 23.9. The predicted octanol–water partition coefficient (Wildman–Crippen LogP) is 3.72. The molecule has 0 atom stereocenters. The van der Waals surface area contributed by atoms with Gasteiger partial charge in [0.2, 0.25) is 5.91 Å². The van der Waals surface area contributed by atoms with Crippen LogP contribution in [0.3, 0.4) is 0 Å². The van der Waals surface area contributed by atoms with Crippen molar-refractivity contribution in [3.05, 3.63) is 28.1 Å². The predicted molar refractivity (Wildman–Crippen MR) is 137 cm³/mol. The average Bonchev–Trinajstić information content (AvgIpc) is 3.49. The van der Waals surface area contributed by atoms with Gasteiger partial charge in [-0.1, -0.05) is 5.16 Å². The van der Waals surface area contributed by atoms with Crippen LogP contribution in [0.1, 0.15) is 67.0 Å². The summed E-state index contributed by atoms with van der Waals surface area (Å²) >= 11 is 1.91. The maximum atomic E-state index is 12.3. The Morgan fingerprint density at radius 3 is 2.71 bits per heavy atom. The van der Waals surface area contributed by atoms with E-state index in [9.17, 15) is 4.79 Å². The van der Waals surface area contributed by atoms with Crippen molar-refractivity contribution >= 4 is 22.4 Å². The Kier molecular flexibility index (Phi) is 8.04. The first-order valence-corrected chi connectivity index (χ1v) is 14.1. The zero-order valence-electron chi connectivity index (χ0n) is 21.1. The summed E-state index contributed by atoms with van der Waals surface area (Å²) in [6.07, 6.45) is 9.80. The summed E-state index contributed by atoms with van der Waals surface area (Å²) in [5.74, 6) is 1.44. The van der Waals surface area contributed by atoms with Crippen LogP contribution in [0.15, 0.2) is 10.6 Å². The fourth-order valence-corrected chi connectivity index (χ4v) is 6.85. The number of nitrogens with zero attached hydrogens (tertiary/aromatic N) is 4. The third kappa shape index (κ3) is 6.43. The van der Waals surface area contributed by atoms with E-state index < -0.39 is 0 Å². The average molecular weight is 502 g/mol. The molecule has 4 heterocycles. The van der Waals surface area contributed by atoms with E-state index in [0.29, 0.717) is 17.9 Å². The molecule has 2 aromatic heterocycles. The second-order valence-electron chi connectivity index (χ2n) is 10.5. The fourth-order valence-electron chi connectivity index (χ4n) is 5.75. The third-order valence-corrected chi connectivity index (χ3v) is 9.14. The van der Waals surface area contributed by atoms with E-state index in [4.69, 9.17) is 14.2 Å². The number of rotatable bonds is 8. The molecule has 9 heteroatoms. The minimum absolute atomic E-state index is 0.0411. The highest BCUT2D eigenvalue weighted by molar-refractivity contribution is 7.15. The first kappa shape index (κ1) is 24.7. The summed E-state index contributed by atoms with van der Waals surface area (Å²) in [5.41, 5.74) is 2.12. The van der Waals surface area contributed by atoms with E-state index in [0.717, 1.165) is 76.4 Å². The van der Waals surface area contributed by atoms with Crippen LogP contribution in [0.2, 0.25) is 0 Å². The van der Waals surface area contributed by atoms with Gasteiger partial charge in [-0.25, -0.2) is 4.98 Å². The first-order chi connectivity index (χ1) is 17.1. The van der Waals surface area contributed by atoms with Crippen molar-refractivity contribution in [3.63, 3.8) is 0 Å². The molecule has 5 rings (SSSR count). The number of aromatic nitrogens is 2. The van der Waals surface area contributed by atoms with E-state index in [1.807, 2.05) is 31.4 Å². The number of fused-ring (bicyclic) bond motifs is 1. The van der Waals surface area contributed by atoms with Gasteiger partial charge in [0.25, 0.3) is 0 Å². The number of carbonyl (C=O) groups is 1. The van der Waals surface area contributed by atoms with E-state index in [1.54, 1.807) is 0 Å². The Hall–Kier alpha value is -1.97. The van der Waals surface area contributed by atoms with E-state index in [-0.39, 0.29) is 12.3 Å². The molecule has 0 spiro atoms. The lowest BCUT2D eigenvalue weighted by atomic mass is 9.84. The number of piperidine rings is 1. The molecule has 3 aliphatic rings. The number of nitrogens with one attached hydrogen (secondary N) is 1. The standard InChI is InChI=1S/C26H39N5O3S/c1-18-15-22(34-29-18)16-25(32)27-20-5-3-19(4-6-20)7-11-30-12-10-24-23(17-30)28-26(35-24)31-13-8-21(33-2)9-14-31/h15,19-21H,3-14,16-17H2,1-2H3,(H,27,32). The number of carbonyl (C=O) groups excluding carboxylic acids is 1. The van der Waals surface area contributed by atoms with E-state index in [2.05, 4.69) is 20.3 Å². The quantitative estimate of drug-likeness (QED) is 0.590. The lowest BCUT2D eigenvalue weighted by Gasteiger charge is -2.32. The molecule has 1 amide bonds. The third-order valence-electron chi connectivity index (χ3n) is 7.92. The number of aryl methyl sites for hydroxylation is 1. The molecule has 35 heavy (non-hydrogen) atoms. The number of amides is 1. The maximum absolute atomic E-state index is 12.3. The summed E-state index contributed by atoms with van der Waals surface area (Å²) in [5, 5.41) is 8.26. The SMILES string of the molecule is COC1CCN(c2nc3c(s2)CCN(CCC2CCC(NC(=O)Cc4cc(C)no4)CC2)C3)CC1. The van der Waals surface area contributed by atoms with Crippen molar-refractivity contribution in [1.29, 1.82) is 0 Å². The Morgan fingerprint density at radius 2 is 2.00 bits per heavy atom. The Morgan fingerprint density at radius 1 is 1.20 bits per heavy atom. The Balaban J connectivity index is 1.02. The minimum atomic E-state index is 0.0411. The summed E-state index contributed by atoms with van der Waals surface area (Å²) in [6, 6.07) is 2.12. The van der Waals surface area contributed by atoms with Crippen LogP contribution in [-0.4, -0.2) is 66.4 Å². The number of anilines is 1. The molecule has 0 unspecified atom stereocenters. The minimum Gasteiger partial charge on any atom is -0.381 e. The second-order valence-corrected chi connectivity index (χ2v) is 11.6. The van der Waals surface area contributed by atoms with Crippen molar-refractivity contribution in [2.24, 2.45) is 5.92 Å². The van der Waals surface area contributed by atoms with Gasteiger partial charge >= 0.3 is 0 Å². The molecule has 0 bridgehead atoms. The topological polar surface area (TPSA) is 83.7 Å². The molecule has 192 valence electrons. The van der Waals surface area contributed by atoms with Crippen LogP contribution in [0.5, 0.6) is 0 Å². The van der Waals surface area contributed by atoms with Gasteiger partial charge in [-0.15, -0.1) is 11.3 Å². The van der Waals surface area contributed by atoms with Gasteiger partial charge in [0.15, 0.2) is 5.13 Å². The Bertz CT molecular complexity index is 976. The highest BCUT2D eigenvalue weighted by Gasteiger charge is 2.27. The van der Waals surface area contributed by atoms with Crippen molar-refractivity contribution in [3.8, 4) is 0 Å². The zero-order chi connectivity index (χ0) is 24.2. The van der Waals surface area contributed by atoms with Crippen LogP contribution < -0.4 is 10.2 Å². The highest BCUT2D eigenvalue weighted by atomic mass is 32.1. The highest BCUT2D eigenvalue weighted by Crippen LogP contribution is 2.33. The lowest BCUT2D eigenvalue weighted by Crippen LogP contribution is -2.39. The van der Waals surface area contributed by atoms with Crippen molar-refractivity contribution in [2.45, 2.75) is 83.4 Å². The molecule has 1 N–H and O–H groups in total. The molecule has 2 aliphatic heterocycles. The molecule has 1 aliphatic carbocycles. The van der Waals surface area contributed by atoms with Crippen LogP contribution in [-0.2, 0) is 28.9 Å². The van der Waals surface area contributed by atoms with Crippen LogP contribution >= 0.6 is 11.3 Å². The molecule has 1 saturated carbocycles. The van der Waals surface area contributed by atoms with Gasteiger partial charge in [-0.2, -0.15) is 0 Å².